The van der Waals surface area contributed by atoms with Gasteiger partial charge < -0.3 is 30.7 Å². The van der Waals surface area contributed by atoms with Gasteiger partial charge in [0.25, 0.3) is 33.7 Å². The lowest BCUT2D eigenvalue weighted by Gasteiger charge is -2.17. The Hall–Kier alpha value is -8.31. The van der Waals surface area contributed by atoms with E-state index in [1.807, 2.05) is 48.5 Å². The highest BCUT2D eigenvalue weighted by Gasteiger charge is 2.37. The standard InChI is InChI=1S/2C25H25N3O7.CH4O3S.ClHO3S/c2*1-3-21(29)26-14-5-7-16-17-8-6-15(27-22(30)4-2)12-19(17)20(18(16)11-14)13-34-25(33)35-28-23(31)9-10-24(28)32;2*1-5(2,3)4/h2*5-8,11-12,20H,3-4,9-10,13H2,1-2H3,(H,26,29)(H,27,30);1H3,(H,2,3,4);(H,2,3,4). The second-order valence-electron chi connectivity index (χ2n) is 17.5. The minimum Gasteiger partial charge on any atom is -0.432 e. The van der Waals surface area contributed by atoms with Gasteiger partial charge in [-0.2, -0.15) is 16.8 Å². The summed E-state index contributed by atoms with van der Waals surface area (Å²) in [7, 11) is -3.80. The maximum Gasteiger partial charge on any atom is 0.533 e. The number of carbonyl (C=O) groups is 10. The summed E-state index contributed by atoms with van der Waals surface area (Å²) in [6.45, 7) is 6.72. The Morgan fingerprint density at radius 3 is 0.900 bits per heavy atom. The molecule has 0 radical (unpaired) electrons. The van der Waals surface area contributed by atoms with Gasteiger partial charge in [-0.25, -0.2) is 9.59 Å². The smallest absolute Gasteiger partial charge is 0.432 e. The Morgan fingerprint density at radius 1 is 0.487 bits per heavy atom. The number of benzene rings is 4. The Morgan fingerprint density at radius 2 is 0.700 bits per heavy atom. The van der Waals surface area contributed by atoms with E-state index in [0.717, 1.165) is 44.5 Å². The van der Waals surface area contributed by atoms with Gasteiger partial charge in [0.15, 0.2) is 0 Å². The van der Waals surface area contributed by atoms with Gasteiger partial charge >= 0.3 is 21.6 Å². The number of hydroxylamine groups is 4. The summed E-state index contributed by atoms with van der Waals surface area (Å²) in [4.78, 5) is 129. The summed E-state index contributed by atoms with van der Waals surface area (Å²) >= 11 is 0. The van der Waals surface area contributed by atoms with Gasteiger partial charge in [0.2, 0.25) is 23.6 Å². The number of hydrogen-bond acceptors (Lipinski definition) is 18. The molecule has 0 aromatic heterocycles. The number of imide groups is 2. The molecule has 0 unspecified atom stereocenters. The molecule has 8 rings (SSSR count). The molecule has 80 heavy (non-hydrogen) atoms. The van der Waals surface area contributed by atoms with Crippen LogP contribution in [0, 0.1) is 0 Å². The molecule has 4 aromatic carbocycles. The predicted molar refractivity (Wildman–Crippen MR) is 285 cm³/mol. The van der Waals surface area contributed by atoms with Crippen LogP contribution in [0.3, 0.4) is 0 Å². The highest BCUT2D eigenvalue weighted by atomic mass is 35.7. The van der Waals surface area contributed by atoms with Crippen molar-refractivity contribution in [2.45, 2.75) is 90.9 Å². The largest absolute Gasteiger partial charge is 0.533 e. The molecule has 0 spiro atoms. The van der Waals surface area contributed by atoms with Crippen LogP contribution in [0.5, 0.6) is 0 Å². The summed E-state index contributed by atoms with van der Waals surface area (Å²) in [6.07, 6.45) is -0.414. The van der Waals surface area contributed by atoms with Crippen molar-refractivity contribution in [1.29, 1.82) is 0 Å². The topological polar surface area (TPSA) is 371 Å². The minimum atomic E-state index is -4.19. The maximum absolute atomic E-state index is 12.3. The summed E-state index contributed by atoms with van der Waals surface area (Å²) in [5.74, 6) is -3.83. The number of halogens is 1. The molecule has 0 atom stereocenters. The first-order chi connectivity index (χ1) is 37.6. The number of nitrogens with one attached hydrogen (secondary N) is 4. The number of carbonyl (C=O) groups excluding carboxylic acids is 10. The SMILES string of the molecule is CCC(=O)Nc1ccc2c(c1)C(COC(=O)ON1C(=O)CCC1=O)c1cc(NC(=O)CC)ccc1-2.CCC(=O)Nc1ccc2c(c1)C(COC(=O)ON1C(=O)CCC1=O)c1cc(NC(=O)CC)ccc1-2.CS(=O)(=O)O.O=S(=O)(O)Cl. The van der Waals surface area contributed by atoms with Crippen molar-refractivity contribution < 1.29 is 93.0 Å². The molecule has 0 saturated carbocycles. The first-order valence-corrected chi connectivity index (χ1v) is 28.5. The van der Waals surface area contributed by atoms with Gasteiger partial charge in [-0.1, -0.05) is 62.1 Å². The molecule has 4 aromatic rings. The van der Waals surface area contributed by atoms with Gasteiger partial charge in [-0.15, -0.1) is 0 Å². The summed E-state index contributed by atoms with van der Waals surface area (Å²) in [6, 6.07) is 22.0. The van der Waals surface area contributed by atoms with Crippen LogP contribution in [0.2, 0.25) is 0 Å². The number of fused-ring (bicyclic) bond motifs is 6. The Kier molecular flexibility index (Phi) is 21.5. The number of nitrogens with zero attached hydrogens (tertiary/aromatic N) is 2. The molecule has 26 nitrogen and oxygen atoms in total. The second-order valence-corrected chi connectivity index (χ2v) is 21.0. The molecular formula is C51H55ClN6O20S2. The van der Waals surface area contributed by atoms with E-state index in [-0.39, 0.29) is 62.5 Å². The molecule has 2 aliphatic carbocycles. The molecule has 2 heterocycles. The highest BCUT2D eigenvalue weighted by molar-refractivity contribution is 8.09. The zero-order valence-corrected chi connectivity index (χ0v) is 45.9. The third-order valence-corrected chi connectivity index (χ3v) is 11.8. The van der Waals surface area contributed by atoms with Gasteiger partial charge in [0.1, 0.15) is 13.2 Å². The molecule has 428 valence electrons. The van der Waals surface area contributed by atoms with E-state index in [1.165, 1.54) is 0 Å². The monoisotopic (exact) mass is 1170 g/mol. The fourth-order valence-electron chi connectivity index (χ4n) is 8.21. The Labute approximate surface area is 462 Å². The van der Waals surface area contributed by atoms with Gasteiger partial charge in [0, 0.05) is 96.6 Å². The van der Waals surface area contributed by atoms with Crippen LogP contribution >= 0.6 is 10.7 Å². The molecular weight excluding hydrogens is 1120 g/mol. The summed E-state index contributed by atoms with van der Waals surface area (Å²) in [5.41, 5.74) is 9.25. The third-order valence-electron chi connectivity index (χ3n) is 11.8. The zero-order valence-electron chi connectivity index (χ0n) is 43.5. The van der Waals surface area contributed by atoms with Gasteiger partial charge in [-0.05, 0) is 93.0 Å². The van der Waals surface area contributed by atoms with Crippen LogP contribution in [-0.4, -0.2) is 115 Å². The normalized spacial score (nSPS) is 14.1. The van der Waals surface area contributed by atoms with Crippen molar-refractivity contribution in [3.8, 4) is 22.3 Å². The molecule has 4 aliphatic rings. The van der Waals surface area contributed by atoms with Gasteiger partial charge in [-0.3, -0.25) is 57.1 Å². The van der Waals surface area contributed by atoms with E-state index in [2.05, 4.69) is 31.9 Å². The number of anilines is 4. The van der Waals surface area contributed by atoms with Crippen molar-refractivity contribution >= 4 is 112 Å². The highest BCUT2D eigenvalue weighted by Crippen LogP contribution is 2.48. The van der Waals surface area contributed by atoms with Crippen molar-refractivity contribution in [1.82, 2.24) is 10.1 Å². The van der Waals surface area contributed by atoms with Crippen LogP contribution in [0.15, 0.2) is 72.8 Å². The van der Waals surface area contributed by atoms with Crippen molar-refractivity contribution in [3.63, 3.8) is 0 Å². The molecule has 0 bridgehead atoms. The third kappa shape index (κ3) is 17.9. The maximum atomic E-state index is 12.3. The molecule has 6 N–H and O–H groups in total. The van der Waals surface area contributed by atoms with E-state index in [9.17, 15) is 56.4 Å². The van der Waals surface area contributed by atoms with E-state index in [1.54, 1.807) is 52.0 Å². The van der Waals surface area contributed by atoms with Crippen LogP contribution in [0.4, 0.5) is 32.3 Å². The van der Waals surface area contributed by atoms with Crippen molar-refractivity contribution in [2.75, 3.05) is 40.7 Å². The summed E-state index contributed by atoms with van der Waals surface area (Å²) < 4.78 is 61.6. The molecule has 2 fully saturated rings. The summed E-state index contributed by atoms with van der Waals surface area (Å²) in [5, 5.41) is 12.2. The molecule has 8 amide bonds. The zero-order chi connectivity index (χ0) is 59.2. The molecule has 2 aliphatic heterocycles. The Balaban J connectivity index is 0.000000251. The van der Waals surface area contributed by atoms with Crippen LogP contribution < -0.4 is 21.3 Å². The number of hydrogen-bond donors (Lipinski definition) is 6. The van der Waals surface area contributed by atoms with Crippen molar-refractivity contribution in [3.05, 3.63) is 95.1 Å². The lowest BCUT2D eigenvalue weighted by Crippen LogP contribution is -2.32. The predicted octanol–water partition coefficient (Wildman–Crippen LogP) is 6.96. The number of ether oxygens (including phenoxy) is 2. The fraction of sp³-hybridized carbons (Fsp3) is 0.333. The lowest BCUT2D eigenvalue weighted by atomic mass is 9.97. The van der Waals surface area contributed by atoms with Crippen molar-refractivity contribution in [2.24, 2.45) is 0 Å². The lowest BCUT2D eigenvalue weighted by molar-refractivity contribution is -0.177. The van der Waals surface area contributed by atoms with E-state index >= 15 is 0 Å². The van der Waals surface area contributed by atoms with E-state index in [4.69, 9.17) is 36.7 Å². The number of rotatable bonds is 14. The minimum absolute atomic E-state index is 0.0198. The molecule has 2 saturated heterocycles. The Bertz CT molecular complexity index is 2950. The molecule has 29 heteroatoms. The van der Waals surface area contributed by atoms with Crippen LogP contribution in [0.25, 0.3) is 22.3 Å². The van der Waals surface area contributed by atoms with Gasteiger partial charge in [0.05, 0.1) is 6.26 Å². The first-order valence-electron chi connectivity index (χ1n) is 24.4. The fourth-order valence-corrected chi connectivity index (χ4v) is 8.21. The average molecular weight is 1170 g/mol. The average Bonchev–Trinajstić information content (AvgIpc) is 4.14. The van der Waals surface area contributed by atoms with Crippen LogP contribution in [-0.2, 0) is 77.0 Å². The van der Waals surface area contributed by atoms with Crippen LogP contribution in [0.1, 0.15) is 113 Å². The first kappa shape index (κ1) is 62.5. The van der Waals surface area contributed by atoms with E-state index < -0.39 is 67.2 Å². The number of amides is 8. The quantitative estimate of drug-likeness (QED) is 0.0321. The second kappa shape index (κ2) is 27.5. The van der Waals surface area contributed by atoms with E-state index in [0.29, 0.717) is 64.8 Å².